The number of benzene rings is 1. The predicted molar refractivity (Wildman–Crippen MR) is 67.1 cm³/mol. The van der Waals surface area contributed by atoms with Crippen molar-refractivity contribution < 1.29 is 9.90 Å². The molecule has 16 heavy (non-hydrogen) atoms. The summed E-state index contributed by atoms with van der Waals surface area (Å²) < 4.78 is 0. The first-order chi connectivity index (χ1) is 7.74. The van der Waals surface area contributed by atoms with Crippen LogP contribution in [0.3, 0.4) is 0 Å². The second-order valence-electron chi connectivity index (χ2n) is 3.49. The summed E-state index contributed by atoms with van der Waals surface area (Å²) in [5.41, 5.74) is 1.98. The fourth-order valence-electron chi connectivity index (χ4n) is 1.35. The fraction of sp³-hybridized carbons (Fsp3) is 0.214. The van der Waals surface area contributed by atoms with Crippen LogP contribution in [0.1, 0.15) is 30.9 Å². The van der Waals surface area contributed by atoms with Crippen LogP contribution in [-0.2, 0) is 4.79 Å². The van der Waals surface area contributed by atoms with Gasteiger partial charge >= 0.3 is 5.97 Å². The van der Waals surface area contributed by atoms with Crippen LogP contribution in [0.4, 0.5) is 0 Å². The summed E-state index contributed by atoms with van der Waals surface area (Å²) in [7, 11) is 0. The van der Waals surface area contributed by atoms with Crippen LogP contribution in [0.15, 0.2) is 36.4 Å². The van der Waals surface area contributed by atoms with Crippen molar-refractivity contribution in [2.24, 2.45) is 0 Å². The van der Waals surface area contributed by atoms with Gasteiger partial charge in [0.1, 0.15) is 0 Å². The molecule has 1 aromatic carbocycles. The van der Waals surface area contributed by atoms with Gasteiger partial charge in [0.25, 0.3) is 0 Å². The Bertz CT molecular complexity index is 403. The molecule has 0 heterocycles. The number of unbranched alkanes of at least 4 members (excludes halogenated alkanes) is 1. The van der Waals surface area contributed by atoms with Gasteiger partial charge in [0.05, 0.1) is 0 Å². The minimum absolute atomic E-state index is 0.924. The van der Waals surface area contributed by atoms with Crippen molar-refractivity contribution in [3.05, 3.63) is 47.5 Å². The molecule has 84 valence electrons. The Kier molecular flexibility index (Phi) is 5.06. The number of rotatable bonds is 5. The van der Waals surface area contributed by atoms with Crippen LogP contribution in [0.25, 0.3) is 12.2 Å². The van der Waals surface area contributed by atoms with E-state index in [1.807, 2.05) is 30.3 Å². The quantitative estimate of drug-likeness (QED) is 0.763. The molecule has 0 spiro atoms. The maximum absolute atomic E-state index is 10.4. The SMILES string of the molecule is CCC/C=C/c1ccccc1/C=C/C(=O)O. The molecule has 0 fully saturated rings. The molecule has 0 aliphatic rings. The lowest BCUT2D eigenvalue weighted by atomic mass is 10.1. The third kappa shape index (κ3) is 4.13. The molecular formula is C14H16O2. The van der Waals surface area contributed by atoms with E-state index < -0.39 is 5.97 Å². The van der Waals surface area contributed by atoms with Crippen molar-refractivity contribution >= 4 is 18.1 Å². The van der Waals surface area contributed by atoms with Crippen LogP contribution in [-0.4, -0.2) is 11.1 Å². The monoisotopic (exact) mass is 216 g/mol. The Hall–Kier alpha value is -1.83. The first-order valence-electron chi connectivity index (χ1n) is 5.40. The zero-order chi connectivity index (χ0) is 11.8. The third-order valence-corrected chi connectivity index (χ3v) is 2.15. The maximum Gasteiger partial charge on any atom is 0.328 e. The Balaban J connectivity index is 2.87. The van der Waals surface area contributed by atoms with Gasteiger partial charge in [-0.05, 0) is 23.6 Å². The first kappa shape index (κ1) is 12.2. The molecule has 0 saturated heterocycles. The highest BCUT2D eigenvalue weighted by Crippen LogP contribution is 2.13. The summed E-state index contributed by atoms with van der Waals surface area (Å²) in [6.45, 7) is 2.13. The van der Waals surface area contributed by atoms with Gasteiger partial charge in [-0.3, -0.25) is 0 Å². The number of hydrogen-bond donors (Lipinski definition) is 1. The Labute approximate surface area is 95.9 Å². The number of carboxylic acid groups (broad SMARTS) is 1. The number of allylic oxidation sites excluding steroid dienone is 1. The zero-order valence-corrected chi connectivity index (χ0v) is 9.39. The lowest BCUT2D eigenvalue weighted by molar-refractivity contribution is -0.131. The largest absolute Gasteiger partial charge is 0.478 e. The van der Waals surface area contributed by atoms with Gasteiger partial charge in [-0.25, -0.2) is 4.79 Å². The molecule has 0 aliphatic carbocycles. The lowest BCUT2D eigenvalue weighted by Crippen LogP contribution is -1.87. The van der Waals surface area contributed by atoms with Crippen molar-refractivity contribution in [1.29, 1.82) is 0 Å². The van der Waals surface area contributed by atoms with E-state index >= 15 is 0 Å². The summed E-state index contributed by atoms with van der Waals surface area (Å²) in [4.78, 5) is 10.4. The lowest BCUT2D eigenvalue weighted by Gasteiger charge is -1.99. The zero-order valence-electron chi connectivity index (χ0n) is 9.39. The number of aliphatic carboxylic acids is 1. The van der Waals surface area contributed by atoms with Crippen LogP contribution in [0.2, 0.25) is 0 Å². The molecule has 0 saturated carbocycles. The molecule has 0 unspecified atom stereocenters. The van der Waals surface area contributed by atoms with Gasteiger partial charge in [-0.2, -0.15) is 0 Å². The van der Waals surface area contributed by atoms with Crippen molar-refractivity contribution in [3.8, 4) is 0 Å². The number of carboxylic acids is 1. The molecule has 1 N–H and O–H groups in total. The van der Waals surface area contributed by atoms with E-state index in [0.717, 1.165) is 30.0 Å². The maximum atomic E-state index is 10.4. The summed E-state index contributed by atoms with van der Waals surface area (Å²) >= 11 is 0. The highest BCUT2D eigenvalue weighted by Gasteiger charge is 1.94. The Morgan fingerprint density at radius 3 is 2.44 bits per heavy atom. The highest BCUT2D eigenvalue weighted by atomic mass is 16.4. The molecule has 0 atom stereocenters. The standard InChI is InChI=1S/C14H16O2/c1-2-3-4-7-12-8-5-6-9-13(12)10-11-14(15)16/h4-11H,2-3H2,1H3,(H,15,16)/b7-4+,11-10+. The van der Waals surface area contributed by atoms with Gasteiger partial charge in [0.2, 0.25) is 0 Å². The van der Waals surface area contributed by atoms with E-state index in [9.17, 15) is 4.79 Å². The highest BCUT2D eigenvalue weighted by molar-refractivity contribution is 5.86. The molecule has 0 amide bonds. The van der Waals surface area contributed by atoms with Crippen molar-refractivity contribution in [1.82, 2.24) is 0 Å². The minimum Gasteiger partial charge on any atom is -0.478 e. The van der Waals surface area contributed by atoms with E-state index in [1.165, 1.54) is 0 Å². The van der Waals surface area contributed by atoms with Gasteiger partial charge in [0, 0.05) is 6.08 Å². The first-order valence-corrected chi connectivity index (χ1v) is 5.40. The summed E-state index contributed by atoms with van der Waals surface area (Å²) in [5.74, 6) is -0.924. The Morgan fingerprint density at radius 1 is 1.25 bits per heavy atom. The van der Waals surface area contributed by atoms with Gasteiger partial charge in [-0.1, -0.05) is 49.8 Å². The average molecular weight is 216 g/mol. The van der Waals surface area contributed by atoms with Crippen LogP contribution < -0.4 is 0 Å². The summed E-state index contributed by atoms with van der Waals surface area (Å²) in [5, 5.41) is 8.57. The smallest absolute Gasteiger partial charge is 0.328 e. The predicted octanol–water partition coefficient (Wildman–Crippen LogP) is 3.60. The average Bonchev–Trinajstić information content (AvgIpc) is 2.28. The van der Waals surface area contributed by atoms with E-state index in [4.69, 9.17) is 5.11 Å². The molecule has 1 aromatic rings. The van der Waals surface area contributed by atoms with Gasteiger partial charge < -0.3 is 5.11 Å². The third-order valence-electron chi connectivity index (χ3n) is 2.15. The number of hydrogen-bond acceptors (Lipinski definition) is 1. The summed E-state index contributed by atoms with van der Waals surface area (Å²) in [6.07, 6.45) is 9.07. The van der Waals surface area contributed by atoms with E-state index in [1.54, 1.807) is 6.08 Å². The summed E-state index contributed by atoms with van der Waals surface area (Å²) in [6, 6.07) is 7.74. The minimum atomic E-state index is -0.924. The molecule has 1 rings (SSSR count). The normalized spacial score (nSPS) is 11.3. The molecule has 2 nitrogen and oxygen atoms in total. The van der Waals surface area contributed by atoms with Crippen LogP contribution in [0, 0.1) is 0 Å². The van der Waals surface area contributed by atoms with Crippen LogP contribution >= 0.6 is 0 Å². The topological polar surface area (TPSA) is 37.3 Å². The van der Waals surface area contributed by atoms with Gasteiger partial charge in [0.15, 0.2) is 0 Å². The van der Waals surface area contributed by atoms with Crippen molar-refractivity contribution in [2.45, 2.75) is 19.8 Å². The second kappa shape index (κ2) is 6.62. The van der Waals surface area contributed by atoms with Gasteiger partial charge in [-0.15, -0.1) is 0 Å². The van der Waals surface area contributed by atoms with E-state index in [0.29, 0.717) is 0 Å². The molecule has 0 aromatic heterocycles. The molecule has 0 aliphatic heterocycles. The van der Waals surface area contributed by atoms with E-state index in [-0.39, 0.29) is 0 Å². The van der Waals surface area contributed by atoms with Crippen LogP contribution in [0.5, 0.6) is 0 Å². The molecule has 0 radical (unpaired) electrons. The van der Waals surface area contributed by atoms with Crippen molar-refractivity contribution in [3.63, 3.8) is 0 Å². The fourth-order valence-corrected chi connectivity index (χ4v) is 1.35. The number of carbonyl (C=O) groups is 1. The second-order valence-corrected chi connectivity index (χ2v) is 3.49. The molecule has 2 heteroatoms. The van der Waals surface area contributed by atoms with Crippen molar-refractivity contribution in [2.75, 3.05) is 0 Å². The Morgan fingerprint density at radius 2 is 1.88 bits per heavy atom. The van der Waals surface area contributed by atoms with E-state index in [2.05, 4.69) is 13.0 Å². The molecule has 0 bridgehead atoms. The molecular weight excluding hydrogens is 200 g/mol.